The summed E-state index contributed by atoms with van der Waals surface area (Å²) in [5.74, 6) is 0. The van der Waals surface area contributed by atoms with Gasteiger partial charge in [0.25, 0.3) is 0 Å². The van der Waals surface area contributed by atoms with Crippen molar-refractivity contribution in [1.29, 1.82) is 0 Å². The number of nitrogens with zero attached hydrogens (tertiary/aromatic N) is 3. The van der Waals surface area contributed by atoms with Crippen molar-refractivity contribution >= 4 is 11.3 Å². The number of aryl methyl sites for hydroxylation is 1. The molecule has 1 aliphatic rings. The molecule has 1 N–H and O–H groups in total. The van der Waals surface area contributed by atoms with Crippen molar-refractivity contribution in [2.24, 2.45) is 7.05 Å². The van der Waals surface area contributed by atoms with E-state index in [1.807, 2.05) is 24.0 Å². The first-order chi connectivity index (χ1) is 7.83. The van der Waals surface area contributed by atoms with E-state index < -0.39 is 0 Å². The normalized spacial score (nSPS) is 20.4. The van der Waals surface area contributed by atoms with Crippen molar-refractivity contribution in [2.75, 3.05) is 6.54 Å². The van der Waals surface area contributed by atoms with Crippen LogP contribution < -0.4 is 5.32 Å². The van der Waals surface area contributed by atoms with Crippen LogP contribution in [0.15, 0.2) is 17.6 Å². The lowest BCUT2D eigenvalue weighted by Crippen LogP contribution is -2.12. The lowest BCUT2D eigenvalue weighted by atomic mass is 10.2. The summed E-state index contributed by atoms with van der Waals surface area (Å²) in [6.45, 7) is 1.11. The van der Waals surface area contributed by atoms with E-state index in [0.29, 0.717) is 6.04 Å². The van der Waals surface area contributed by atoms with Gasteiger partial charge in [0.05, 0.1) is 11.7 Å². The van der Waals surface area contributed by atoms with Gasteiger partial charge in [0.15, 0.2) is 0 Å². The summed E-state index contributed by atoms with van der Waals surface area (Å²) in [5.41, 5.74) is 2.14. The predicted octanol–water partition coefficient (Wildman–Crippen LogP) is 1.97. The maximum absolute atomic E-state index is 4.66. The number of rotatable bonds is 2. The molecule has 0 aliphatic carbocycles. The third kappa shape index (κ3) is 1.76. The zero-order chi connectivity index (χ0) is 11.0. The van der Waals surface area contributed by atoms with Crippen LogP contribution in [0.4, 0.5) is 0 Å². The Morgan fingerprint density at radius 2 is 2.50 bits per heavy atom. The van der Waals surface area contributed by atoms with Crippen LogP contribution in [0.1, 0.15) is 24.6 Å². The second-order valence-corrected chi connectivity index (χ2v) is 4.96. The molecule has 16 heavy (non-hydrogen) atoms. The third-order valence-corrected chi connectivity index (χ3v) is 3.76. The van der Waals surface area contributed by atoms with Crippen LogP contribution in [0.3, 0.4) is 0 Å². The first kappa shape index (κ1) is 9.99. The largest absolute Gasteiger partial charge is 0.309 e. The Labute approximate surface area is 98.3 Å². The molecule has 3 heterocycles. The van der Waals surface area contributed by atoms with Gasteiger partial charge >= 0.3 is 0 Å². The molecule has 84 valence electrons. The van der Waals surface area contributed by atoms with Gasteiger partial charge in [-0.25, -0.2) is 4.98 Å². The zero-order valence-corrected chi connectivity index (χ0v) is 10.00. The molecule has 1 atom stereocenters. The van der Waals surface area contributed by atoms with E-state index in [4.69, 9.17) is 0 Å². The summed E-state index contributed by atoms with van der Waals surface area (Å²) < 4.78 is 1.81. The molecular weight excluding hydrogens is 220 g/mol. The average molecular weight is 234 g/mol. The third-order valence-electron chi connectivity index (χ3n) is 2.87. The highest BCUT2D eigenvalue weighted by atomic mass is 32.1. The molecule has 1 saturated heterocycles. The maximum atomic E-state index is 4.66. The molecule has 0 bridgehead atoms. The molecule has 4 nitrogen and oxygen atoms in total. The quantitative estimate of drug-likeness (QED) is 0.864. The molecule has 0 aromatic carbocycles. The highest BCUT2D eigenvalue weighted by Gasteiger charge is 2.19. The van der Waals surface area contributed by atoms with E-state index in [0.717, 1.165) is 17.2 Å². The van der Waals surface area contributed by atoms with Gasteiger partial charge in [0.1, 0.15) is 10.7 Å². The van der Waals surface area contributed by atoms with E-state index >= 15 is 0 Å². The Balaban J connectivity index is 1.87. The number of nitrogens with one attached hydrogen (secondary N) is 1. The number of aromatic nitrogens is 3. The van der Waals surface area contributed by atoms with Crippen LogP contribution in [0, 0.1) is 0 Å². The van der Waals surface area contributed by atoms with Crippen molar-refractivity contribution < 1.29 is 0 Å². The van der Waals surface area contributed by atoms with Crippen LogP contribution in [0.2, 0.25) is 0 Å². The van der Waals surface area contributed by atoms with Gasteiger partial charge in [-0.05, 0) is 25.5 Å². The molecule has 0 saturated carbocycles. The second-order valence-electron chi connectivity index (χ2n) is 4.10. The molecular formula is C11H14N4S. The molecule has 0 radical (unpaired) electrons. The van der Waals surface area contributed by atoms with Gasteiger partial charge in [0.2, 0.25) is 0 Å². The molecule has 2 aromatic rings. The van der Waals surface area contributed by atoms with Gasteiger partial charge in [-0.2, -0.15) is 5.10 Å². The van der Waals surface area contributed by atoms with Crippen LogP contribution in [-0.2, 0) is 7.05 Å². The minimum absolute atomic E-state index is 0.453. The van der Waals surface area contributed by atoms with Crippen molar-refractivity contribution in [1.82, 2.24) is 20.1 Å². The van der Waals surface area contributed by atoms with E-state index in [-0.39, 0.29) is 0 Å². The zero-order valence-electron chi connectivity index (χ0n) is 9.18. The summed E-state index contributed by atoms with van der Waals surface area (Å²) in [7, 11) is 1.93. The summed E-state index contributed by atoms with van der Waals surface area (Å²) >= 11 is 1.68. The average Bonchev–Trinajstić information content (AvgIpc) is 2.97. The van der Waals surface area contributed by atoms with Crippen LogP contribution in [0.25, 0.3) is 10.7 Å². The van der Waals surface area contributed by atoms with Crippen LogP contribution in [-0.4, -0.2) is 21.3 Å². The standard InChI is InChI=1S/C11H14N4S/c1-15-6-4-9(14-15)11-13-10(7-16-11)8-3-2-5-12-8/h4,6-8,12H,2-3,5H2,1H3. The molecule has 1 fully saturated rings. The van der Waals surface area contributed by atoms with Crippen molar-refractivity contribution in [3.8, 4) is 10.7 Å². The SMILES string of the molecule is Cn1ccc(-c2nc(C3CCCN3)cs2)n1. The minimum Gasteiger partial charge on any atom is -0.309 e. The number of thiazole rings is 1. The van der Waals surface area contributed by atoms with Crippen molar-refractivity contribution in [3.05, 3.63) is 23.3 Å². The molecule has 1 unspecified atom stereocenters. The fourth-order valence-corrected chi connectivity index (χ4v) is 2.87. The van der Waals surface area contributed by atoms with E-state index in [2.05, 4.69) is 20.8 Å². The molecule has 3 rings (SSSR count). The molecule has 5 heteroatoms. The Hall–Kier alpha value is -1.20. The van der Waals surface area contributed by atoms with Crippen LogP contribution >= 0.6 is 11.3 Å². The highest BCUT2D eigenvalue weighted by molar-refractivity contribution is 7.13. The van der Waals surface area contributed by atoms with Gasteiger partial charge in [-0.1, -0.05) is 0 Å². The first-order valence-electron chi connectivity index (χ1n) is 5.52. The van der Waals surface area contributed by atoms with E-state index in [1.54, 1.807) is 11.3 Å². The smallest absolute Gasteiger partial charge is 0.144 e. The minimum atomic E-state index is 0.453. The monoisotopic (exact) mass is 234 g/mol. The van der Waals surface area contributed by atoms with E-state index in [1.165, 1.54) is 18.5 Å². The Bertz CT molecular complexity index is 482. The van der Waals surface area contributed by atoms with Gasteiger partial charge < -0.3 is 5.32 Å². The summed E-state index contributed by atoms with van der Waals surface area (Å²) in [5, 5.41) is 11.0. The molecule has 2 aromatic heterocycles. The molecule has 1 aliphatic heterocycles. The van der Waals surface area contributed by atoms with Crippen molar-refractivity contribution in [2.45, 2.75) is 18.9 Å². The molecule has 0 amide bonds. The lowest BCUT2D eigenvalue weighted by Gasteiger charge is -2.04. The van der Waals surface area contributed by atoms with Gasteiger partial charge in [-0.15, -0.1) is 11.3 Å². The first-order valence-corrected chi connectivity index (χ1v) is 6.40. The van der Waals surface area contributed by atoms with Gasteiger partial charge in [-0.3, -0.25) is 4.68 Å². The Morgan fingerprint density at radius 3 is 3.19 bits per heavy atom. The summed E-state index contributed by atoms with van der Waals surface area (Å²) in [6.07, 6.45) is 4.40. The van der Waals surface area contributed by atoms with Gasteiger partial charge in [0, 0.05) is 18.6 Å². The topological polar surface area (TPSA) is 42.7 Å². The van der Waals surface area contributed by atoms with E-state index in [9.17, 15) is 0 Å². The fourth-order valence-electron chi connectivity index (χ4n) is 2.03. The number of hydrogen-bond donors (Lipinski definition) is 1. The maximum Gasteiger partial charge on any atom is 0.144 e. The number of hydrogen-bond acceptors (Lipinski definition) is 4. The Morgan fingerprint density at radius 1 is 1.56 bits per heavy atom. The second kappa shape index (κ2) is 3.99. The lowest BCUT2D eigenvalue weighted by molar-refractivity contribution is 0.632. The predicted molar refractivity (Wildman–Crippen MR) is 64.3 cm³/mol. The van der Waals surface area contributed by atoms with Crippen LogP contribution in [0.5, 0.6) is 0 Å². The fraction of sp³-hybridized carbons (Fsp3) is 0.455. The highest BCUT2D eigenvalue weighted by Crippen LogP contribution is 2.28. The molecule has 0 spiro atoms. The van der Waals surface area contributed by atoms with Crippen molar-refractivity contribution in [3.63, 3.8) is 0 Å². The summed E-state index contributed by atoms with van der Waals surface area (Å²) in [4.78, 5) is 4.66. The Kier molecular flexibility index (Phi) is 2.49. The summed E-state index contributed by atoms with van der Waals surface area (Å²) in [6, 6.07) is 2.46.